The first-order chi connectivity index (χ1) is 28.0. The first kappa shape index (κ1) is 51.9. The Hall–Kier alpha value is -2.24. The zero-order valence-electron chi connectivity index (χ0n) is 38.2. The molecule has 0 spiro atoms. The molecule has 0 amide bonds. The molecule has 0 saturated heterocycles. The van der Waals surface area contributed by atoms with Gasteiger partial charge in [-0.1, -0.05) is 111 Å². The Labute approximate surface area is 363 Å². The predicted molar refractivity (Wildman–Crippen MR) is 245 cm³/mol. The molecule has 328 valence electrons. The van der Waals surface area contributed by atoms with E-state index in [2.05, 4.69) is 34.6 Å². The number of thioether (sulfide) groups is 2. The molecule has 8 heteroatoms. The first-order valence-corrected chi connectivity index (χ1v) is 24.9. The largest absolute Gasteiger partial charge is 0.496 e. The van der Waals surface area contributed by atoms with E-state index in [4.69, 9.17) is 14.7 Å². The summed E-state index contributed by atoms with van der Waals surface area (Å²) in [6.45, 7) is 18.9. The highest BCUT2D eigenvalue weighted by Crippen LogP contribution is 2.58. The fourth-order valence-corrected chi connectivity index (χ4v) is 11.6. The Morgan fingerprint density at radius 1 is 0.707 bits per heavy atom. The average Bonchev–Trinajstić information content (AvgIpc) is 3.69. The van der Waals surface area contributed by atoms with Gasteiger partial charge in [-0.15, -0.1) is 0 Å². The van der Waals surface area contributed by atoms with E-state index in [0.717, 1.165) is 93.2 Å². The molecule has 4 saturated carbocycles. The second kappa shape index (κ2) is 29.1. The SMILES string of the molecule is CC.CC(C)C.CC(C)C#N.CCC1CCC(C2CCC(C(=O)Oc3ccc(OC)c4c3S/C(=C/C=O)S4)CC2)CC1.CCC1CCC(C2CCC(C=O)CC2)CC1. The molecule has 0 radical (unpaired) electrons. The van der Waals surface area contributed by atoms with Crippen molar-refractivity contribution in [2.45, 2.75) is 188 Å². The van der Waals surface area contributed by atoms with E-state index in [9.17, 15) is 14.4 Å². The van der Waals surface area contributed by atoms with Gasteiger partial charge in [0, 0.05) is 11.8 Å². The van der Waals surface area contributed by atoms with Gasteiger partial charge in [0.2, 0.25) is 0 Å². The lowest BCUT2D eigenvalue weighted by atomic mass is 9.69. The van der Waals surface area contributed by atoms with Crippen LogP contribution in [0.5, 0.6) is 11.5 Å². The zero-order chi connectivity index (χ0) is 43.0. The third kappa shape index (κ3) is 17.8. The van der Waals surface area contributed by atoms with Crippen LogP contribution in [0.1, 0.15) is 178 Å². The number of hydrogen-bond acceptors (Lipinski definition) is 8. The van der Waals surface area contributed by atoms with Crippen molar-refractivity contribution in [3.05, 3.63) is 22.4 Å². The summed E-state index contributed by atoms with van der Waals surface area (Å²) in [5.41, 5.74) is 0. The van der Waals surface area contributed by atoms with Crippen LogP contribution in [0.15, 0.2) is 32.2 Å². The van der Waals surface area contributed by atoms with Crippen LogP contribution in [0, 0.1) is 70.5 Å². The normalized spacial score (nSPS) is 28.3. The standard InChI is InChI=1S/C25H32O4S2.C15H26O.C4H7N.C4H10.C2H6/c1-3-16-4-6-17(7-5-16)18-8-10-19(11-9-18)25(27)29-21-13-12-20(28-2)23-24(21)31-22(30-23)14-15-26;1-2-12-3-7-14(8-4-12)15-9-5-13(11-16)6-10-15;1-4(2)3-5;1-4(2)3;1-2/h12-19H,3-11H2,1-2H3;11-15H,2-10H2,1H3;4H,1-2H3;4H,1-3H3;1-2H3/b22-14+;;;;. The number of rotatable bonds is 9. The van der Waals surface area contributed by atoms with E-state index < -0.39 is 0 Å². The second-order valence-electron chi connectivity index (χ2n) is 18.0. The lowest BCUT2D eigenvalue weighted by Gasteiger charge is -2.37. The van der Waals surface area contributed by atoms with Crippen LogP contribution in [0.4, 0.5) is 0 Å². The fraction of sp³-hybridized carbons (Fsp3) is 0.760. The highest BCUT2D eigenvalue weighted by Gasteiger charge is 2.35. The van der Waals surface area contributed by atoms with Crippen LogP contribution in [0.3, 0.4) is 0 Å². The number of methoxy groups -OCH3 is 1. The maximum absolute atomic E-state index is 13.0. The van der Waals surface area contributed by atoms with Crippen LogP contribution in [0.2, 0.25) is 0 Å². The van der Waals surface area contributed by atoms with E-state index in [1.54, 1.807) is 7.11 Å². The number of benzene rings is 1. The molecule has 4 aliphatic carbocycles. The molecule has 6 rings (SSSR count). The van der Waals surface area contributed by atoms with Gasteiger partial charge < -0.3 is 14.3 Å². The number of carbonyl (C=O) groups is 3. The van der Waals surface area contributed by atoms with Crippen LogP contribution >= 0.6 is 23.5 Å². The number of allylic oxidation sites excluding steroid dienone is 1. The van der Waals surface area contributed by atoms with Gasteiger partial charge in [0.05, 0.1) is 33.1 Å². The number of fused-ring (bicyclic) bond motifs is 1. The molecule has 1 aromatic carbocycles. The zero-order valence-corrected chi connectivity index (χ0v) is 39.8. The van der Waals surface area contributed by atoms with E-state index in [0.29, 0.717) is 11.7 Å². The molecular formula is C50H81NO5S2. The van der Waals surface area contributed by atoms with E-state index in [1.165, 1.54) is 126 Å². The van der Waals surface area contributed by atoms with Crippen molar-refractivity contribution in [2.75, 3.05) is 7.11 Å². The van der Waals surface area contributed by atoms with E-state index in [-0.39, 0.29) is 17.8 Å². The number of aldehydes is 2. The Morgan fingerprint density at radius 3 is 1.45 bits per heavy atom. The Morgan fingerprint density at radius 2 is 1.09 bits per heavy atom. The Balaban J connectivity index is 0.000000357. The number of hydrogen-bond donors (Lipinski definition) is 0. The van der Waals surface area contributed by atoms with Crippen LogP contribution in [-0.4, -0.2) is 25.7 Å². The second-order valence-corrected chi connectivity index (χ2v) is 20.4. The summed E-state index contributed by atoms with van der Waals surface area (Å²) in [6.07, 6.45) is 26.8. The van der Waals surface area contributed by atoms with Crippen molar-refractivity contribution < 1.29 is 23.9 Å². The lowest BCUT2D eigenvalue weighted by molar-refractivity contribution is -0.140. The minimum Gasteiger partial charge on any atom is -0.496 e. The monoisotopic (exact) mass is 840 g/mol. The number of carbonyl (C=O) groups excluding carboxylic acids is 3. The molecular weight excluding hydrogens is 759 g/mol. The van der Waals surface area contributed by atoms with Crippen molar-refractivity contribution in [3.63, 3.8) is 0 Å². The molecule has 1 heterocycles. The highest BCUT2D eigenvalue weighted by atomic mass is 32.2. The van der Waals surface area contributed by atoms with Crippen molar-refractivity contribution >= 4 is 42.1 Å². The fourth-order valence-electron chi connectivity index (χ4n) is 9.21. The molecule has 5 aliphatic rings. The van der Waals surface area contributed by atoms with E-state index >= 15 is 0 Å². The van der Waals surface area contributed by atoms with Gasteiger partial charge >= 0.3 is 5.97 Å². The molecule has 0 N–H and O–H groups in total. The number of nitrogens with zero attached hydrogens (tertiary/aromatic N) is 1. The molecule has 4 fully saturated rings. The smallest absolute Gasteiger partial charge is 0.314 e. The van der Waals surface area contributed by atoms with E-state index in [1.807, 2.05) is 45.9 Å². The van der Waals surface area contributed by atoms with Crippen LogP contribution in [0.25, 0.3) is 0 Å². The van der Waals surface area contributed by atoms with Gasteiger partial charge in [-0.3, -0.25) is 9.59 Å². The van der Waals surface area contributed by atoms with Gasteiger partial charge in [0.25, 0.3) is 0 Å². The first-order valence-electron chi connectivity index (χ1n) is 23.2. The van der Waals surface area contributed by atoms with Crippen molar-refractivity contribution in [1.29, 1.82) is 5.26 Å². The molecule has 0 aromatic heterocycles. The average molecular weight is 840 g/mol. The maximum atomic E-state index is 13.0. The quantitative estimate of drug-likeness (QED) is 0.105. The van der Waals surface area contributed by atoms with Crippen molar-refractivity contribution in [2.24, 2.45) is 59.2 Å². The van der Waals surface area contributed by atoms with Crippen molar-refractivity contribution in [1.82, 2.24) is 0 Å². The topological polar surface area (TPSA) is 93.5 Å². The summed E-state index contributed by atoms with van der Waals surface area (Å²) in [7, 11) is 1.63. The van der Waals surface area contributed by atoms with Gasteiger partial charge in [-0.2, -0.15) is 5.26 Å². The maximum Gasteiger partial charge on any atom is 0.314 e. The summed E-state index contributed by atoms with van der Waals surface area (Å²) in [4.78, 5) is 36.3. The molecule has 0 atom stereocenters. The van der Waals surface area contributed by atoms with Crippen molar-refractivity contribution in [3.8, 4) is 17.6 Å². The minimum atomic E-state index is -0.112. The number of nitriles is 1. The molecule has 1 aromatic rings. The summed E-state index contributed by atoms with van der Waals surface area (Å²) in [5, 5.41) is 7.89. The number of esters is 1. The molecule has 0 bridgehead atoms. The third-order valence-corrected chi connectivity index (χ3v) is 15.2. The minimum absolute atomic E-state index is 0.00923. The third-order valence-electron chi connectivity index (χ3n) is 12.7. The predicted octanol–water partition coefficient (Wildman–Crippen LogP) is 14.9. The van der Waals surface area contributed by atoms with Gasteiger partial charge in [-0.25, -0.2) is 0 Å². The summed E-state index contributed by atoms with van der Waals surface area (Å²) >= 11 is 2.95. The molecule has 58 heavy (non-hydrogen) atoms. The summed E-state index contributed by atoms with van der Waals surface area (Å²) in [5.74, 6) is 8.16. The van der Waals surface area contributed by atoms with Gasteiger partial charge in [0.15, 0.2) is 0 Å². The highest BCUT2D eigenvalue weighted by molar-refractivity contribution is 8.24. The summed E-state index contributed by atoms with van der Waals surface area (Å²) in [6, 6.07) is 5.67. The Bertz CT molecular complexity index is 1380. The van der Waals surface area contributed by atoms with Gasteiger partial charge in [-0.05, 0) is 151 Å². The molecule has 1 aliphatic heterocycles. The lowest BCUT2D eigenvalue weighted by Crippen LogP contribution is -2.30. The van der Waals surface area contributed by atoms with Crippen LogP contribution < -0.4 is 9.47 Å². The molecule has 0 unspecified atom stereocenters. The van der Waals surface area contributed by atoms with Crippen LogP contribution in [-0.2, 0) is 14.4 Å². The Kier molecular flexibility index (Phi) is 26.0. The molecule has 6 nitrogen and oxygen atoms in total. The number of ether oxygens (including phenoxy) is 2. The van der Waals surface area contributed by atoms with Gasteiger partial charge in [0.1, 0.15) is 24.1 Å². The summed E-state index contributed by atoms with van der Waals surface area (Å²) < 4.78 is 12.2.